The fraction of sp³-hybridized carbons (Fsp3) is 0.0690. The molecule has 0 aliphatic carbocycles. The third-order valence-electron chi connectivity index (χ3n) is 6.19. The highest BCUT2D eigenvalue weighted by molar-refractivity contribution is 9.10. The zero-order valence-corrected chi connectivity index (χ0v) is 20.5. The number of halogens is 1. The predicted octanol–water partition coefficient (Wildman–Crippen LogP) is 8.29. The standard InChI is InChI=1S/C29H21BrN2S/c1-32-25(20-11-6-3-7-12-20)18-24(19-9-4-2-5-10-19)31-29(32)22-13-8-14-27-28(22)23-17-21(30)15-16-26(23)33-27/h2-18,29H,1H3. The lowest BCUT2D eigenvalue weighted by Crippen LogP contribution is -2.27. The first-order valence-corrected chi connectivity index (χ1v) is 12.5. The van der Waals surface area contributed by atoms with E-state index in [0.29, 0.717) is 0 Å². The van der Waals surface area contributed by atoms with Gasteiger partial charge in [0.05, 0.1) is 5.71 Å². The summed E-state index contributed by atoms with van der Waals surface area (Å²) < 4.78 is 3.69. The number of allylic oxidation sites excluding steroid dienone is 1. The summed E-state index contributed by atoms with van der Waals surface area (Å²) in [5.74, 6) is 0. The maximum absolute atomic E-state index is 5.30. The van der Waals surface area contributed by atoms with Gasteiger partial charge in [0.25, 0.3) is 0 Å². The van der Waals surface area contributed by atoms with Crippen LogP contribution in [0.1, 0.15) is 22.9 Å². The molecule has 1 aromatic heterocycles. The molecule has 4 aromatic carbocycles. The summed E-state index contributed by atoms with van der Waals surface area (Å²) in [6.07, 6.45) is 2.09. The molecule has 0 N–H and O–H groups in total. The number of hydrogen-bond donors (Lipinski definition) is 0. The first kappa shape index (κ1) is 20.4. The van der Waals surface area contributed by atoms with Gasteiger partial charge >= 0.3 is 0 Å². The molecule has 0 saturated carbocycles. The Hall–Kier alpha value is -3.21. The van der Waals surface area contributed by atoms with Crippen molar-refractivity contribution in [2.24, 2.45) is 4.99 Å². The molecule has 2 heterocycles. The van der Waals surface area contributed by atoms with Crippen LogP contribution in [0.5, 0.6) is 0 Å². The number of rotatable bonds is 3. The molecule has 1 aliphatic heterocycles. The maximum atomic E-state index is 5.30. The largest absolute Gasteiger partial charge is 0.349 e. The molecule has 2 nitrogen and oxygen atoms in total. The average molecular weight is 509 g/mol. The van der Waals surface area contributed by atoms with E-state index in [2.05, 4.69) is 131 Å². The van der Waals surface area contributed by atoms with Crippen LogP contribution < -0.4 is 0 Å². The van der Waals surface area contributed by atoms with Gasteiger partial charge in [-0.15, -0.1) is 11.3 Å². The molecule has 0 fully saturated rings. The van der Waals surface area contributed by atoms with Crippen LogP contribution in [-0.2, 0) is 0 Å². The SMILES string of the molecule is CN1C(c2ccccc2)=CC(c2ccccc2)=NC1c1cccc2sc3ccc(Br)cc3c12. The second-order valence-electron chi connectivity index (χ2n) is 8.22. The average Bonchev–Trinajstić information content (AvgIpc) is 3.23. The van der Waals surface area contributed by atoms with E-state index in [4.69, 9.17) is 4.99 Å². The van der Waals surface area contributed by atoms with Crippen molar-refractivity contribution < 1.29 is 0 Å². The molecule has 160 valence electrons. The fourth-order valence-corrected chi connectivity index (χ4v) is 6.08. The Labute approximate surface area is 205 Å². The number of fused-ring (bicyclic) bond motifs is 3. The van der Waals surface area contributed by atoms with Crippen molar-refractivity contribution in [1.82, 2.24) is 4.90 Å². The third kappa shape index (κ3) is 3.60. The Balaban J connectivity index is 1.60. The zero-order chi connectivity index (χ0) is 22.4. The molecule has 6 rings (SSSR count). The molecule has 1 unspecified atom stereocenters. The summed E-state index contributed by atoms with van der Waals surface area (Å²) in [6, 6.07) is 34.2. The van der Waals surface area contributed by atoms with E-state index >= 15 is 0 Å². The zero-order valence-electron chi connectivity index (χ0n) is 18.1. The summed E-state index contributed by atoms with van der Waals surface area (Å²) in [7, 11) is 2.15. The molecular weight excluding hydrogens is 488 g/mol. The van der Waals surface area contributed by atoms with Gasteiger partial charge in [-0.3, -0.25) is 4.99 Å². The van der Waals surface area contributed by atoms with Crippen molar-refractivity contribution in [3.63, 3.8) is 0 Å². The van der Waals surface area contributed by atoms with E-state index in [-0.39, 0.29) is 6.17 Å². The van der Waals surface area contributed by atoms with Crippen molar-refractivity contribution in [2.75, 3.05) is 7.05 Å². The topological polar surface area (TPSA) is 15.6 Å². The summed E-state index contributed by atoms with van der Waals surface area (Å²) in [5, 5.41) is 2.57. The van der Waals surface area contributed by atoms with E-state index < -0.39 is 0 Å². The van der Waals surface area contributed by atoms with Gasteiger partial charge in [0.2, 0.25) is 0 Å². The molecule has 5 aromatic rings. The minimum absolute atomic E-state index is 0.124. The molecule has 0 amide bonds. The van der Waals surface area contributed by atoms with Crippen molar-refractivity contribution in [3.8, 4) is 0 Å². The lowest BCUT2D eigenvalue weighted by Gasteiger charge is -2.34. The van der Waals surface area contributed by atoms with Crippen LogP contribution in [0.3, 0.4) is 0 Å². The van der Waals surface area contributed by atoms with Crippen molar-refractivity contribution >= 4 is 58.8 Å². The molecule has 1 aliphatic rings. The van der Waals surface area contributed by atoms with E-state index in [9.17, 15) is 0 Å². The molecule has 4 heteroatoms. The lowest BCUT2D eigenvalue weighted by atomic mass is 9.98. The summed E-state index contributed by atoms with van der Waals surface area (Å²) >= 11 is 5.51. The fourth-order valence-electron chi connectivity index (χ4n) is 4.60. The second-order valence-corrected chi connectivity index (χ2v) is 10.2. The van der Waals surface area contributed by atoms with Gasteiger partial charge in [-0.05, 0) is 41.5 Å². The maximum Gasteiger partial charge on any atom is 0.148 e. The van der Waals surface area contributed by atoms with Gasteiger partial charge in [-0.2, -0.15) is 0 Å². The normalized spacial score (nSPS) is 16.2. The minimum atomic E-state index is -0.124. The second kappa shape index (κ2) is 8.29. The van der Waals surface area contributed by atoms with Crippen LogP contribution in [0.25, 0.3) is 25.9 Å². The smallest absolute Gasteiger partial charge is 0.148 e. The number of benzene rings is 4. The summed E-state index contributed by atoms with van der Waals surface area (Å²) in [6.45, 7) is 0. The van der Waals surface area contributed by atoms with Crippen LogP contribution >= 0.6 is 27.3 Å². The first-order chi connectivity index (χ1) is 16.2. The highest BCUT2D eigenvalue weighted by atomic mass is 79.9. The van der Waals surface area contributed by atoms with Crippen molar-refractivity contribution in [1.29, 1.82) is 0 Å². The summed E-state index contributed by atoms with van der Waals surface area (Å²) in [4.78, 5) is 7.60. The molecule has 0 radical (unpaired) electrons. The van der Waals surface area contributed by atoms with Crippen LogP contribution in [0.2, 0.25) is 0 Å². The number of hydrogen-bond acceptors (Lipinski definition) is 3. The Morgan fingerprint density at radius 3 is 2.27 bits per heavy atom. The number of aliphatic imine (C=N–C) groups is 1. The summed E-state index contributed by atoms with van der Waals surface area (Å²) in [5.41, 5.74) is 5.74. The lowest BCUT2D eigenvalue weighted by molar-refractivity contribution is 0.366. The van der Waals surface area contributed by atoms with Gasteiger partial charge in [-0.1, -0.05) is 88.7 Å². The predicted molar refractivity (Wildman–Crippen MR) is 145 cm³/mol. The van der Waals surface area contributed by atoms with Gasteiger partial charge in [0.15, 0.2) is 0 Å². The Morgan fingerprint density at radius 1 is 0.788 bits per heavy atom. The van der Waals surface area contributed by atoms with Gasteiger partial charge in [0.1, 0.15) is 6.17 Å². The van der Waals surface area contributed by atoms with Crippen LogP contribution in [0.15, 0.2) is 113 Å². The van der Waals surface area contributed by atoms with Gasteiger partial charge in [0, 0.05) is 43.0 Å². The Kier molecular flexibility index (Phi) is 5.12. The third-order valence-corrected chi connectivity index (χ3v) is 7.82. The molecule has 0 spiro atoms. The molecule has 33 heavy (non-hydrogen) atoms. The van der Waals surface area contributed by atoms with E-state index in [0.717, 1.165) is 15.7 Å². The molecular formula is C29H21BrN2S. The molecule has 1 atom stereocenters. The highest BCUT2D eigenvalue weighted by Gasteiger charge is 2.27. The molecule has 0 saturated heterocycles. The van der Waals surface area contributed by atoms with Crippen molar-refractivity contribution in [2.45, 2.75) is 6.17 Å². The van der Waals surface area contributed by atoms with E-state index in [1.165, 1.54) is 37.0 Å². The quantitative estimate of drug-likeness (QED) is 0.239. The highest BCUT2D eigenvalue weighted by Crippen LogP contribution is 2.43. The number of nitrogens with zero attached hydrogens (tertiary/aromatic N) is 2. The van der Waals surface area contributed by atoms with E-state index in [1.54, 1.807) is 0 Å². The van der Waals surface area contributed by atoms with Crippen LogP contribution in [0.4, 0.5) is 0 Å². The Bertz CT molecular complexity index is 1530. The first-order valence-electron chi connectivity index (χ1n) is 10.9. The van der Waals surface area contributed by atoms with Crippen molar-refractivity contribution in [3.05, 3.63) is 124 Å². The van der Waals surface area contributed by atoms with Gasteiger partial charge < -0.3 is 4.90 Å². The monoisotopic (exact) mass is 508 g/mol. The van der Waals surface area contributed by atoms with Gasteiger partial charge in [-0.25, -0.2) is 0 Å². The van der Waals surface area contributed by atoms with E-state index in [1.807, 2.05) is 11.3 Å². The minimum Gasteiger partial charge on any atom is -0.349 e. The van der Waals surface area contributed by atoms with Crippen LogP contribution in [0, 0.1) is 0 Å². The number of thiophene rings is 1. The van der Waals surface area contributed by atoms with Crippen LogP contribution in [-0.4, -0.2) is 17.7 Å². The Morgan fingerprint density at radius 2 is 1.52 bits per heavy atom. The molecule has 0 bridgehead atoms.